The van der Waals surface area contributed by atoms with E-state index in [1.54, 1.807) is 0 Å². The predicted molar refractivity (Wildman–Crippen MR) is 67.1 cm³/mol. The average molecular weight is 278 g/mol. The molecule has 98 valence electrons. The molecule has 0 fully saturated rings. The summed E-state index contributed by atoms with van der Waals surface area (Å²) in [7, 11) is 0. The van der Waals surface area contributed by atoms with Gasteiger partial charge in [-0.15, -0.1) is 11.3 Å². The highest BCUT2D eigenvalue weighted by molar-refractivity contribution is 7.09. The van der Waals surface area contributed by atoms with Gasteiger partial charge in [-0.1, -0.05) is 0 Å². The number of thiazole rings is 1. The smallest absolute Gasteiger partial charge is 0.355 e. The molecule has 0 saturated heterocycles. The third kappa shape index (κ3) is 3.55. The third-order valence-electron chi connectivity index (χ3n) is 2.22. The molecule has 0 aliphatic carbocycles. The Morgan fingerprint density at radius 1 is 1.32 bits per heavy atom. The number of nitrogens with one attached hydrogen (secondary N) is 1. The fourth-order valence-electron chi connectivity index (χ4n) is 1.33. The molecule has 0 unspecified atom stereocenters. The van der Waals surface area contributed by atoms with Crippen LogP contribution in [0.3, 0.4) is 0 Å². The lowest BCUT2D eigenvalue weighted by Crippen LogP contribution is -2.25. The molecule has 0 bridgehead atoms. The molecule has 0 aliphatic rings. The lowest BCUT2D eigenvalue weighted by atomic mass is 10.3. The summed E-state index contributed by atoms with van der Waals surface area (Å²) in [6, 6.07) is 0. The van der Waals surface area contributed by atoms with Crippen molar-refractivity contribution in [1.29, 1.82) is 0 Å². The van der Waals surface area contributed by atoms with Crippen molar-refractivity contribution in [2.45, 2.75) is 6.42 Å². The summed E-state index contributed by atoms with van der Waals surface area (Å²) in [6.45, 7) is 0.375. The highest BCUT2D eigenvalue weighted by Gasteiger charge is 2.09. The Labute approximate surface area is 112 Å². The molecule has 2 heterocycles. The molecule has 0 atom stereocenters. The van der Waals surface area contributed by atoms with E-state index in [0.717, 1.165) is 0 Å². The molecule has 0 aliphatic heterocycles. The molecule has 1 amide bonds. The maximum Gasteiger partial charge on any atom is 0.355 e. The standard InChI is InChI=1S/C11H10N4O3S/c16-10(7-3-12-6-13-4-7)14-2-1-9-15-8(5-19-9)11(17)18/h3-6H,1-2H2,(H,14,16)(H,17,18). The number of nitrogens with zero attached hydrogens (tertiary/aromatic N) is 3. The second-order valence-corrected chi connectivity index (χ2v) is 4.51. The molecule has 8 heteroatoms. The number of hydrogen-bond donors (Lipinski definition) is 2. The van der Waals surface area contributed by atoms with Crippen molar-refractivity contribution in [3.05, 3.63) is 40.4 Å². The van der Waals surface area contributed by atoms with Crippen LogP contribution < -0.4 is 5.32 Å². The topological polar surface area (TPSA) is 105 Å². The van der Waals surface area contributed by atoms with Crippen LogP contribution in [0.2, 0.25) is 0 Å². The monoisotopic (exact) mass is 278 g/mol. The SMILES string of the molecule is O=C(NCCc1nc(C(=O)O)cs1)c1cncnc1. The van der Waals surface area contributed by atoms with Gasteiger partial charge < -0.3 is 10.4 Å². The first-order chi connectivity index (χ1) is 9.16. The third-order valence-corrected chi connectivity index (χ3v) is 3.13. The Morgan fingerprint density at radius 3 is 2.68 bits per heavy atom. The zero-order chi connectivity index (χ0) is 13.7. The fourth-order valence-corrected chi connectivity index (χ4v) is 2.10. The molecule has 0 radical (unpaired) electrons. The summed E-state index contributed by atoms with van der Waals surface area (Å²) in [5.74, 6) is -1.32. The summed E-state index contributed by atoms with van der Waals surface area (Å²) in [5, 5.41) is 13.6. The van der Waals surface area contributed by atoms with Gasteiger partial charge in [0, 0.05) is 30.7 Å². The van der Waals surface area contributed by atoms with Gasteiger partial charge in [-0.3, -0.25) is 4.79 Å². The number of carboxylic acid groups (broad SMARTS) is 1. The van der Waals surface area contributed by atoms with E-state index in [2.05, 4.69) is 20.3 Å². The number of aromatic nitrogens is 3. The van der Waals surface area contributed by atoms with Crippen LogP contribution in [0.25, 0.3) is 0 Å². The Kier molecular flexibility index (Phi) is 4.14. The van der Waals surface area contributed by atoms with Crippen molar-refractivity contribution in [2.75, 3.05) is 6.54 Å². The number of carboxylic acids is 1. The Hall–Kier alpha value is -2.35. The number of carbonyl (C=O) groups excluding carboxylic acids is 1. The number of aromatic carboxylic acids is 1. The van der Waals surface area contributed by atoms with Crippen LogP contribution in [0.15, 0.2) is 24.1 Å². The first-order valence-corrected chi connectivity index (χ1v) is 6.25. The zero-order valence-electron chi connectivity index (χ0n) is 9.74. The minimum atomic E-state index is -1.05. The van der Waals surface area contributed by atoms with E-state index in [4.69, 9.17) is 5.11 Å². The molecule has 0 aromatic carbocycles. The number of rotatable bonds is 5. The highest BCUT2D eigenvalue weighted by atomic mass is 32.1. The molecular formula is C11H10N4O3S. The van der Waals surface area contributed by atoms with Crippen molar-refractivity contribution in [3.63, 3.8) is 0 Å². The summed E-state index contributed by atoms with van der Waals surface area (Å²) < 4.78 is 0. The Morgan fingerprint density at radius 2 is 2.05 bits per heavy atom. The predicted octanol–water partition coefficient (Wildman–Crippen LogP) is 0.604. The lowest BCUT2D eigenvalue weighted by molar-refractivity contribution is 0.0690. The second-order valence-electron chi connectivity index (χ2n) is 3.56. The number of hydrogen-bond acceptors (Lipinski definition) is 6. The normalized spacial score (nSPS) is 10.1. The summed E-state index contributed by atoms with van der Waals surface area (Å²) in [4.78, 5) is 33.7. The van der Waals surface area contributed by atoms with Gasteiger partial charge in [0.2, 0.25) is 0 Å². The van der Waals surface area contributed by atoms with E-state index in [1.165, 1.54) is 35.4 Å². The van der Waals surface area contributed by atoms with E-state index in [9.17, 15) is 9.59 Å². The molecular weight excluding hydrogens is 268 g/mol. The van der Waals surface area contributed by atoms with Gasteiger partial charge in [-0.25, -0.2) is 19.7 Å². The minimum absolute atomic E-state index is 0.0304. The highest BCUT2D eigenvalue weighted by Crippen LogP contribution is 2.09. The van der Waals surface area contributed by atoms with Crippen LogP contribution in [-0.2, 0) is 6.42 Å². The van der Waals surface area contributed by atoms with E-state index in [1.807, 2.05) is 0 Å². The summed E-state index contributed by atoms with van der Waals surface area (Å²) in [5.41, 5.74) is 0.413. The van der Waals surface area contributed by atoms with Crippen LogP contribution in [0, 0.1) is 0 Å². The maximum atomic E-state index is 11.6. The maximum absolute atomic E-state index is 11.6. The van der Waals surface area contributed by atoms with Crippen molar-refractivity contribution < 1.29 is 14.7 Å². The Balaban J connectivity index is 1.83. The second kappa shape index (κ2) is 6.01. The van der Waals surface area contributed by atoms with Gasteiger partial charge in [0.1, 0.15) is 6.33 Å². The minimum Gasteiger partial charge on any atom is -0.476 e. The molecule has 0 saturated carbocycles. The van der Waals surface area contributed by atoms with Gasteiger partial charge in [-0.05, 0) is 0 Å². The molecule has 2 aromatic heterocycles. The van der Waals surface area contributed by atoms with Crippen LogP contribution >= 0.6 is 11.3 Å². The van der Waals surface area contributed by atoms with Gasteiger partial charge in [0.15, 0.2) is 5.69 Å². The molecule has 2 rings (SSSR count). The summed E-state index contributed by atoms with van der Waals surface area (Å²) in [6.07, 6.45) is 4.68. The molecule has 19 heavy (non-hydrogen) atoms. The largest absolute Gasteiger partial charge is 0.476 e. The van der Waals surface area contributed by atoms with E-state index in [-0.39, 0.29) is 11.6 Å². The van der Waals surface area contributed by atoms with Crippen LogP contribution in [0.5, 0.6) is 0 Å². The number of amides is 1. The average Bonchev–Trinajstić information content (AvgIpc) is 2.89. The molecule has 0 spiro atoms. The van der Waals surface area contributed by atoms with E-state index >= 15 is 0 Å². The number of carbonyl (C=O) groups is 2. The van der Waals surface area contributed by atoms with E-state index in [0.29, 0.717) is 23.5 Å². The fraction of sp³-hybridized carbons (Fsp3) is 0.182. The van der Waals surface area contributed by atoms with E-state index < -0.39 is 5.97 Å². The molecule has 2 N–H and O–H groups in total. The van der Waals surface area contributed by atoms with Crippen molar-refractivity contribution in [2.24, 2.45) is 0 Å². The molecule has 7 nitrogen and oxygen atoms in total. The Bertz CT molecular complexity index is 585. The van der Waals surface area contributed by atoms with Crippen molar-refractivity contribution >= 4 is 23.2 Å². The molecule has 2 aromatic rings. The van der Waals surface area contributed by atoms with Gasteiger partial charge in [0.05, 0.1) is 10.6 Å². The summed E-state index contributed by atoms with van der Waals surface area (Å²) >= 11 is 1.26. The van der Waals surface area contributed by atoms with Crippen LogP contribution in [0.1, 0.15) is 25.9 Å². The van der Waals surface area contributed by atoms with Gasteiger partial charge in [0.25, 0.3) is 5.91 Å². The van der Waals surface area contributed by atoms with Gasteiger partial charge >= 0.3 is 5.97 Å². The first-order valence-electron chi connectivity index (χ1n) is 5.37. The van der Waals surface area contributed by atoms with Crippen molar-refractivity contribution in [3.8, 4) is 0 Å². The van der Waals surface area contributed by atoms with Crippen molar-refractivity contribution in [1.82, 2.24) is 20.3 Å². The van der Waals surface area contributed by atoms with Gasteiger partial charge in [-0.2, -0.15) is 0 Å². The first kappa shape index (κ1) is 13.1. The van der Waals surface area contributed by atoms with Crippen LogP contribution in [0.4, 0.5) is 0 Å². The lowest BCUT2D eigenvalue weighted by Gasteiger charge is -2.02. The zero-order valence-corrected chi connectivity index (χ0v) is 10.6. The quantitative estimate of drug-likeness (QED) is 0.830. The van der Waals surface area contributed by atoms with Crippen LogP contribution in [-0.4, -0.2) is 38.5 Å².